The van der Waals surface area contributed by atoms with Gasteiger partial charge >= 0.3 is 5.97 Å². The standard InChI is InChI=1S/C28H39N5O5/c1-17(2)14-24(28(37)38)33-27(36)23(16-19-4-7-22(34)8-5-19)32-25(35)9-6-21-15-18(3)30-26(31-21)20-10-12-29-13-11-20/h4-5,7-8,15,17,20,23-24,29,34H,6,9-14,16H2,1-3H3,(H,32,35)(H,33,36)(H,37,38)/t23-,24-/m0/s1. The number of aliphatic carboxylic acids is 1. The van der Waals surface area contributed by atoms with Gasteiger partial charge in [0.15, 0.2) is 0 Å². The lowest BCUT2D eigenvalue weighted by atomic mass is 9.97. The highest BCUT2D eigenvalue weighted by molar-refractivity contribution is 5.90. The fraction of sp³-hybridized carbons (Fsp3) is 0.536. The molecule has 10 nitrogen and oxygen atoms in total. The SMILES string of the molecule is Cc1cc(CCC(=O)N[C@@H](Cc2ccc(O)cc2)C(=O)N[C@@H](CC(C)C)C(=O)O)nc(C2CCNCC2)n1. The zero-order valence-electron chi connectivity index (χ0n) is 22.4. The minimum absolute atomic E-state index is 0.0626. The zero-order chi connectivity index (χ0) is 27.7. The van der Waals surface area contributed by atoms with Crippen LogP contribution in [0.15, 0.2) is 30.3 Å². The highest BCUT2D eigenvalue weighted by Gasteiger charge is 2.27. The van der Waals surface area contributed by atoms with Gasteiger partial charge in [0.2, 0.25) is 11.8 Å². The summed E-state index contributed by atoms with van der Waals surface area (Å²) in [6, 6.07) is 6.18. The Morgan fingerprint density at radius 2 is 1.74 bits per heavy atom. The molecule has 2 aromatic rings. The summed E-state index contributed by atoms with van der Waals surface area (Å²) in [7, 11) is 0. The van der Waals surface area contributed by atoms with Gasteiger partial charge in [0, 0.05) is 30.1 Å². The van der Waals surface area contributed by atoms with Crippen LogP contribution in [-0.2, 0) is 27.2 Å². The zero-order valence-corrected chi connectivity index (χ0v) is 22.4. The molecule has 0 radical (unpaired) electrons. The molecule has 0 spiro atoms. The van der Waals surface area contributed by atoms with Crippen LogP contribution in [0.1, 0.15) is 68.2 Å². The van der Waals surface area contributed by atoms with Crippen molar-refractivity contribution in [1.29, 1.82) is 0 Å². The number of hydrogen-bond acceptors (Lipinski definition) is 7. The van der Waals surface area contributed by atoms with E-state index in [4.69, 9.17) is 4.98 Å². The number of phenolic OH excluding ortho intramolecular Hbond substituents is 1. The van der Waals surface area contributed by atoms with Gasteiger partial charge in [0.25, 0.3) is 0 Å². The van der Waals surface area contributed by atoms with Crippen molar-refractivity contribution in [2.24, 2.45) is 5.92 Å². The van der Waals surface area contributed by atoms with E-state index in [1.54, 1.807) is 12.1 Å². The van der Waals surface area contributed by atoms with E-state index >= 15 is 0 Å². The number of benzene rings is 1. The molecule has 206 valence electrons. The molecule has 1 aromatic heterocycles. The molecule has 2 atom stereocenters. The first kappa shape index (κ1) is 29.0. The lowest BCUT2D eigenvalue weighted by Crippen LogP contribution is -2.52. The third kappa shape index (κ3) is 9.09. The molecule has 0 saturated carbocycles. The third-order valence-electron chi connectivity index (χ3n) is 6.59. The smallest absolute Gasteiger partial charge is 0.326 e. The van der Waals surface area contributed by atoms with Gasteiger partial charge in [-0.2, -0.15) is 0 Å². The van der Waals surface area contributed by atoms with Gasteiger partial charge < -0.3 is 26.2 Å². The molecule has 10 heteroatoms. The highest BCUT2D eigenvalue weighted by atomic mass is 16.4. The molecular weight excluding hydrogens is 486 g/mol. The van der Waals surface area contributed by atoms with Gasteiger partial charge in [-0.15, -0.1) is 0 Å². The predicted octanol–water partition coefficient (Wildman–Crippen LogP) is 2.23. The maximum Gasteiger partial charge on any atom is 0.326 e. The third-order valence-corrected chi connectivity index (χ3v) is 6.59. The van der Waals surface area contributed by atoms with E-state index in [9.17, 15) is 24.6 Å². The second kappa shape index (κ2) is 13.9. The highest BCUT2D eigenvalue weighted by Crippen LogP contribution is 2.22. The fourth-order valence-corrected chi connectivity index (χ4v) is 4.60. The molecule has 0 unspecified atom stereocenters. The number of amides is 2. The Kier molecular flexibility index (Phi) is 10.6. The molecule has 1 aliphatic rings. The lowest BCUT2D eigenvalue weighted by Gasteiger charge is -2.23. The quantitative estimate of drug-likeness (QED) is 0.283. The Bertz CT molecular complexity index is 1100. The number of aromatic hydroxyl groups is 1. The van der Waals surface area contributed by atoms with E-state index in [1.165, 1.54) is 12.1 Å². The van der Waals surface area contributed by atoms with E-state index in [0.717, 1.165) is 48.7 Å². The number of carboxylic acids is 1. The van der Waals surface area contributed by atoms with Gasteiger partial charge in [-0.25, -0.2) is 14.8 Å². The fourth-order valence-electron chi connectivity index (χ4n) is 4.60. The summed E-state index contributed by atoms with van der Waals surface area (Å²) in [6.45, 7) is 7.55. The number of nitrogens with one attached hydrogen (secondary N) is 3. The van der Waals surface area contributed by atoms with Crippen LogP contribution in [0.2, 0.25) is 0 Å². The number of aromatic nitrogens is 2. The average molecular weight is 526 g/mol. The Hall–Kier alpha value is -3.53. The maximum absolute atomic E-state index is 13.1. The van der Waals surface area contributed by atoms with Crippen molar-refractivity contribution in [3.05, 3.63) is 53.1 Å². The predicted molar refractivity (Wildman–Crippen MR) is 143 cm³/mol. The average Bonchev–Trinajstić information content (AvgIpc) is 2.88. The van der Waals surface area contributed by atoms with E-state index in [0.29, 0.717) is 12.3 Å². The van der Waals surface area contributed by atoms with Crippen molar-refractivity contribution in [3.8, 4) is 5.75 Å². The number of carboxylic acid groups (broad SMARTS) is 1. The van der Waals surface area contributed by atoms with Crippen LogP contribution in [0.3, 0.4) is 0 Å². The van der Waals surface area contributed by atoms with Crippen LogP contribution >= 0.6 is 0 Å². The van der Waals surface area contributed by atoms with E-state index in [-0.39, 0.29) is 36.8 Å². The van der Waals surface area contributed by atoms with E-state index < -0.39 is 24.0 Å². The van der Waals surface area contributed by atoms with Crippen LogP contribution in [-0.4, -0.2) is 63.1 Å². The van der Waals surface area contributed by atoms with Crippen LogP contribution in [0.25, 0.3) is 0 Å². The number of phenols is 1. The summed E-state index contributed by atoms with van der Waals surface area (Å²) < 4.78 is 0. The van der Waals surface area contributed by atoms with E-state index in [1.807, 2.05) is 26.8 Å². The Morgan fingerprint density at radius 3 is 2.37 bits per heavy atom. The topological polar surface area (TPSA) is 154 Å². The van der Waals surface area contributed by atoms with Crippen LogP contribution in [0, 0.1) is 12.8 Å². The molecule has 1 aliphatic heterocycles. The van der Waals surface area contributed by atoms with Crippen molar-refractivity contribution >= 4 is 17.8 Å². The molecule has 1 saturated heterocycles. The summed E-state index contributed by atoms with van der Waals surface area (Å²) in [4.78, 5) is 47.1. The summed E-state index contributed by atoms with van der Waals surface area (Å²) >= 11 is 0. The summed E-state index contributed by atoms with van der Waals surface area (Å²) in [6.07, 6.45) is 2.89. The second-order valence-electron chi connectivity index (χ2n) is 10.4. The van der Waals surface area contributed by atoms with E-state index in [2.05, 4.69) is 20.9 Å². The number of aryl methyl sites for hydroxylation is 2. The molecule has 2 heterocycles. The largest absolute Gasteiger partial charge is 0.508 e. The molecule has 1 fully saturated rings. The van der Waals surface area contributed by atoms with Crippen LogP contribution in [0.4, 0.5) is 0 Å². The molecular formula is C28H39N5O5. The van der Waals surface area contributed by atoms with Crippen molar-refractivity contribution in [3.63, 3.8) is 0 Å². The van der Waals surface area contributed by atoms with Crippen molar-refractivity contribution < 1.29 is 24.6 Å². The van der Waals surface area contributed by atoms with Crippen molar-refractivity contribution in [2.75, 3.05) is 13.1 Å². The van der Waals surface area contributed by atoms with Gasteiger partial charge in [-0.1, -0.05) is 26.0 Å². The molecule has 0 aliphatic carbocycles. The molecule has 2 amide bonds. The molecule has 3 rings (SSSR count). The first-order chi connectivity index (χ1) is 18.1. The van der Waals surface area contributed by atoms with Crippen molar-refractivity contribution in [1.82, 2.24) is 25.9 Å². The summed E-state index contributed by atoms with van der Waals surface area (Å²) in [5.41, 5.74) is 2.36. The number of nitrogens with zero attached hydrogens (tertiary/aromatic N) is 2. The molecule has 38 heavy (non-hydrogen) atoms. The lowest BCUT2D eigenvalue weighted by molar-refractivity contribution is -0.142. The summed E-state index contributed by atoms with van der Waals surface area (Å²) in [5.74, 6) is -0.750. The Balaban J connectivity index is 1.68. The van der Waals surface area contributed by atoms with Crippen LogP contribution in [0.5, 0.6) is 5.75 Å². The van der Waals surface area contributed by atoms with Crippen molar-refractivity contribution in [2.45, 2.75) is 77.3 Å². The summed E-state index contributed by atoms with van der Waals surface area (Å²) in [5, 5.41) is 27.8. The number of hydrogen-bond donors (Lipinski definition) is 5. The number of piperidine rings is 1. The normalized spacial score (nSPS) is 15.6. The Labute approximate surface area is 223 Å². The van der Waals surface area contributed by atoms with Gasteiger partial charge in [-0.05, 0) is 75.4 Å². The molecule has 5 N–H and O–H groups in total. The first-order valence-electron chi connectivity index (χ1n) is 13.3. The monoisotopic (exact) mass is 525 g/mol. The molecule has 1 aromatic carbocycles. The maximum atomic E-state index is 13.1. The van der Waals surface area contributed by atoms with Gasteiger partial charge in [0.1, 0.15) is 23.7 Å². The number of carbonyl (C=O) groups excluding carboxylic acids is 2. The number of carbonyl (C=O) groups is 3. The minimum atomic E-state index is -1.12. The van der Waals surface area contributed by atoms with Gasteiger partial charge in [-0.3, -0.25) is 9.59 Å². The second-order valence-corrected chi connectivity index (χ2v) is 10.4. The minimum Gasteiger partial charge on any atom is -0.508 e. The Morgan fingerprint density at radius 1 is 1.05 bits per heavy atom. The first-order valence-corrected chi connectivity index (χ1v) is 13.3. The van der Waals surface area contributed by atoms with Crippen LogP contribution < -0.4 is 16.0 Å². The number of rotatable bonds is 12. The van der Waals surface area contributed by atoms with Gasteiger partial charge in [0.05, 0.1) is 0 Å². The molecule has 0 bridgehead atoms.